The molecule has 0 bridgehead atoms. The molecule has 0 aliphatic heterocycles. The fourth-order valence-electron chi connectivity index (χ4n) is 2.57. The summed E-state index contributed by atoms with van der Waals surface area (Å²) in [5, 5.41) is 3.52. The molecule has 3 aromatic rings. The summed E-state index contributed by atoms with van der Waals surface area (Å²) in [6.07, 6.45) is 3.33. The van der Waals surface area contributed by atoms with Crippen LogP contribution in [0.15, 0.2) is 48.5 Å². The number of anilines is 1. The number of para-hydroxylation sites is 1. The van der Waals surface area contributed by atoms with Crippen LogP contribution in [0, 0.1) is 0 Å². The molecule has 0 aliphatic carbocycles. The monoisotopic (exact) mass is 354 g/mol. The second-order valence-corrected chi connectivity index (χ2v) is 6.91. The number of benzene rings is 2. The van der Waals surface area contributed by atoms with E-state index in [2.05, 4.69) is 29.4 Å². The number of nitrogens with zero attached hydrogens (tertiary/aromatic N) is 1. The molecule has 0 saturated carbocycles. The summed E-state index contributed by atoms with van der Waals surface area (Å²) in [6.45, 7) is 2.70. The number of hydrogen-bond acceptors (Lipinski definition) is 4. The van der Waals surface area contributed by atoms with Crippen molar-refractivity contribution in [3.05, 3.63) is 54.1 Å². The van der Waals surface area contributed by atoms with E-state index in [9.17, 15) is 4.79 Å². The van der Waals surface area contributed by atoms with Crippen molar-refractivity contribution in [2.24, 2.45) is 0 Å². The molecule has 3 rings (SSSR count). The van der Waals surface area contributed by atoms with Gasteiger partial charge in [0, 0.05) is 6.42 Å². The van der Waals surface area contributed by atoms with E-state index < -0.39 is 0 Å². The number of nitrogens with one attached hydrogen (secondary N) is 1. The lowest BCUT2D eigenvalue weighted by atomic mass is 10.1. The Labute approximate surface area is 151 Å². The van der Waals surface area contributed by atoms with E-state index in [1.54, 1.807) is 0 Å². The van der Waals surface area contributed by atoms with Crippen LogP contribution in [0.25, 0.3) is 10.2 Å². The standard InChI is InChI=1S/C20H22N2O2S/c1-2-6-15-10-12-16(13-11-15)24-14-5-9-19(23)22-20-21-17-7-3-4-8-18(17)25-20/h3-4,7-8,10-13H,2,5-6,9,14H2,1H3,(H,21,22,23). The third-order valence-corrected chi connectivity index (χ3v) is 4.77. The van der Waals surface area contributed by atoms with Gasteiger partial charge in [0.15, 0.2) is 5.13 Å². The first kappa shape index (κ1) is 17.4. The molecule has 0 spiro atoms. The number of thiazole rings is 1. The number of ether oxygens (including phenoxy) is 1. The molecule has 2 aromatic carbocycles. The third kappa shape index (κ3) is 5.03. The molecule has 1 heterocycles. The van der Waals surface area contributed by atoms with E-state index in [0.29, 0.717) is 24.6 Å². The van der Waals surface area contributed by atoms with Gasteiger partial charge in [0.25, 0.3) is 0 Å². The molecule has 0 fully saturated rings. The van der Waals surface area contributed by atoms with Crippen LogP contribution in [0.2, 0.25) is 0 Å². The summed E-state index contributed by atoms with van der Waals surface area (Å²) in [5.74, 6) is 0.826. The van der Waals surface area contributed by atoms with Crippen LogP contribution in [0.1, 0.15) is 31.7 Å². The summed E-state index contributed by atoms with van der Waals surface area (Å²) < 4.78 is 6.77. The van der Waals surface area contributed by atoms with Crippen molar-refractivity contribution in [2.45, 2.75) is 32.6 Å². The average Bonchev–Trinajstić information content (AvgIpc) is 3.02. The van der Waals surface area contributed by atoms with Crippen LogP contribution in [-0.2, 0) is 11.2 Å². The number of amides is 1. The van der Waals surface area contributed by atoms with Gasteiger partial charge in [0.2, 0.25) is 5.91 Å². The highest BCUT2D eigenvalue weighted by Gasteiger charge is 2.07. The predicted molar refractivity (Wildman–Crippen MR) is 103 cm³/mol. The van der Waals surface area contributed by atoms with Crippen molar-refractivity contribution in [1.82, 2.24) is 4.98 Å². The van der Waals surface area contributed by atoms with Crippen molar-refractivity contribution >= 4 is 32.6 Å². The van der Waals surface area contributed by atoms with E-state index in [-0.39, 0.29) is 5.91 Å². The summed E-state index contributed by atoms with van der Waals surface area (Å²) >= 11 is 1.49. The maximum Gasteiger partial charge on any atom is 0.226 e. The van der Waals surface area contributed by atoms with E-state index in [1.165, 1.54) is 16.9 Å². The molecule has 25 heavy (non-hydrogen) atoms. The molecule has 1 aromatic heterocycles. The van der Waals surface area contributed by atoms with Crippen LogP contribution in [0.5, 0.6) is 5.75 Å². The second-order valence-electron chi connectivity index (χ2n) is 5.88. The molecule has 5 heteroatoms. The Kier molecular flexibility index (Phi) is 6.01. The van der Waals surface area contributed by atoms with Gasteiger partial charge in [0.05, 0.1) is 16.8 Å². The Hall–Kier alpha value is -2.40. The minimum absolute atomic E-state index is 0.0269. The average molecular weight is 354 g/mol. The molecule has 1 N–H and O–H groups in total. The summed E-state index contributed by atoms with van der Waals surface area (Å²) in [4.78, 5) is 16.4. The fourth-order valence-corrected chi connectivity index (χ4v) is 3.45. The minimum Gasteiger partial charge on any atom is -0.494 e. The van der Waals surface area contributed by atoms with Crippen LogP contribution >= 0.6 is 11.3 Å². The van der Waals surface area contributed by atoms with Crippen LogP contribution in [0.3, 0.4) is 0 Å². The number of carbonyl (C=O) groups is 1. The molecule has 0 aliphatic rings. The van der Waals surface area contributed by atoms with Crippen LogP contribution in [-0.4, -0.2) is 17.5 Å². The number of aryl methyl sites for hydroxylation is 1. The van der Waals surface area contributed by atoms with Gasteiger partial charge in [-0.2, -0.15) is 0 Å². The Morgan fingerprint density at radius 3 is 2.72 bits per heavy atom. The summed E-state index contributed by atoms with van der Waals surface area (Å²) in [5.41, 5.74) is 2.24. The SMILES string of the molecule is CCCc1ccc(OCCCC(=O)Nc2nc3ccccc3s2)cc1. The highest BCUT2D eigenvalue weighted by molar-refractivity contribution is 7.22. The number of carbonyl (C=O) groups excluding carboxylic acids is 1. The third-order valence-electron chi connectivity index (χ3n) is 3.82. The molecular weight excluding hydrogens is 332 g/mol. The molecule has 1 amide bonds. The largest absolute Gasteiger partial charge is 0.494 e. The van der Waals surface area contributed by atoms with Crippen LogP contribution in [0.4, 0.5) is 5.13 Å². The Bertz CT molecular complexity index is 794. The summed E-state index contributed by atoms with van der Waals surface area (Å²) in [7, 11) is 0. The van der Waals surface area contributed by atoms with E-state index in [0.717, 1.165) is 28.8 Å². The zero-order chi connectivity index (χ0) is 17.5. The lowest BCUT2D eigenvalue weighted by Crippen LogP contribution is -2.12. The Morgan fingerprint density at radius 1 is 1.16 bits per heavy atom. The van der Waals surface area contributed by atoms with Gasteiger partial charge in [-0.25, -0.2) is 4.98 Å². The topological polar surface area (TPSA) is 51.2 Å². The van der Waals surface area contributed by atoms with Crippen molar-refractivity contribution in [1.29, 1.82) is 0 Å². The van der Waals surface area contributed by atoms with Crippen molar-refractivity contribution in [2.75, 3.05) is 11.9 Å². The minimum atomic E-state index is -0.0269. The highest BCUT2D eigenvalue weighted by Crippen LogP contribution is 2.25. The van der Waals surface area contributed by atoms with Crippen molar-refractivity contribution < 1.29 is 9.53 Å². The van der Waals surface area contributed by atoms with Gasteiger partial charge < -0.3 is 10.1 Å². The van der Waals surface area contributed by atoms with Gasteiger partial charge >= 0.3 is 0 Å². The maximum atomic E-state index is 12.0. The first-order valence-corrected chi connectivity index (χ1v) is 9.43. The van der Waals surface area contributed by atoms with Crippen molar-refractivity contribution in [3.8, 4) is 5.75 Å². The van der Waals surface area contributed by atoms with Crippen LogP contribution < -0.4 is 10.1 Å². The molecule has 0 unspecified atom stereocenters. The quantitative estimate of drug-likeness (QED) is 0.576. The van der Waals surface area contributed by atoms with Gasteiger partial charge in [-0.05, 0) is 42.7 Å². The predicted octanol–water partition coefficient (Wildman–Crippen LogP) is 5.05. The highest BCUT2D eigenvalue weighted by atomic mass is 32.1. The van der Waals surface area contributed by atoms with E-state index in [1.807, 2.05) is 36.4 Å². The lowest BCUT2D eigenvalue weighted by molar-refractivity contribution is -0.116. The number of fused-ring (bicyclic) bond motifs is 1. The summed E-state index contributed by atoms with van der Waals surface area (Å²) in [6, 6.07) is 16.0. The van der Waals surface area contributed by atoms with Gasteiger partial charge in [-0.15, -0.1) is 0 Å². The number of aromatic nitrogens is 1. The maximum absolute atomic E-state index is 12.0. The number of rotatable bonds is 8. The van der Waals surface area contributed by atoms with Gasteiger partial charge in [-0.3, -0.25) is 4.79 Å². The molecule has 130 valence electrons. The zero-order valence-electron chi connectivity index (χ0n) is 14.3. The first-order valence-electron chi connectivity index (χ1n) is 8.62. The van der Waals surface area contributed by atoms with E-state index in [4.69, 9.17) is 4.74 Å². The van der Waals surface area contributed by atoms with Gasteiger partial charge in [0.1, 0.15) is 5.75 Å². The zero-order valence-corrected chi connectivity index (χ0v) is 15.1. The molecule has 4 nitrogen and oxygen atoms in total. The number of hydrogen-bond donors (Lipinski definition) is 1. The van der Waals surface area contributed by atoms with Crippen molar-refractivity contribution in [3.63, 3.8) is 0 Å². The smallest absolute Gasteiger partial charge is 0.226 e. The normalized spacial score (nSPS) is 10.8. The van der Waals surface area contributed by atoms with Gasteiger partial charge in [-0.1, -0.05) is 48.9 Å². The molecule has 0 atom stereocenters. The lowest BCUT2D eigenvalue weighted by Gasteiger charge is -2.07. The molecule has 0 radical (unpaired) electrons. The Balaban J connectivity index is 1.40. The fraction of sp³-hybridized carbons (Fsp3) is 0.300. The molecule has 0 saturated heterocycles. The van der Waals surface area contributed by atoms with E-state index >= 15 is 0 Å². The first-order chi connectivity index (χ1) is 12.2. The second kappa shape index (κ2) is 8.62. The Morgan fingerprint density at radius 2 is 1.96 bits per heavy atom. The molecular formula is C20H22N2O2S.